The predicted octanol–water partition coefficient (Wildman–Crippen LogP) is 3.01. The molecule has 0 radical (unpaired) electrons. The lowest BCUT2D eigenvalue weighted by atomic mass is 10.3. The molecule has 2 amide bonds. The van der Waals surface area contributed by atoms with Gasteiger partial charge in [-0.05, 0) is 24.6 Å². The monoisotopic (exact) mass is 342 g/mol. The number of rotatable bonds is 6. The SMILES string of the molecule is CCCOc1ccc(NC(=O)N(C)C[C@@H]2COCCO2)cc1Cl. The van der Waals surface area contributed by atoms with Crippen molar-refractivity contribution in [3.63, 3.8) is 0 Å². The first kappa shape index (κ1) is 17.8. The molecule has 1 saturated heterocycles. The van der Waals surface area contributed by atoms with Gasteiger partial charge in [0.2, 0.25) is 0 Å². The van der Waals surface area contributed by atoms with Gasteiger partial charge in [0, 0.05) is 12.7 Å². The maximum atomic E-state index is 12.2. The predicted molar refractivity (Wildman–Crippen MR) is 89.4 cm³/mol. The number of likely N-dealkylation sites (N-methyl/N-ethyl adjacent to an activating group) is 1. The number of anilines is 1. The lowest BCUT2D eigenvalue weighted by Crippen LogP contribution is -2.42. The van der Waals surface area contributed by atoms with Gasteiger partial charge in [-0.2, -0.15) is 0 Å². The molecule has 2 rings (SSSR count). The zero-order valence-electron chi connectivity index (χ0n) is 13.5. The average molecular weight is 343 g/mol. The molecule has 1 aromatic carbocycles. The van der Waals surface area contributed by atoms with Crippen LogP contribution in [0.4, 0.5) is 10.5 Å². The van der Waals surface area contributed by atoms with E-state index < -0.39 is 0 Å². The Balaban J connectivity index is 1.87. The number of urea groups is 1. The van der Waals surface area contributed by atoms with Crippen molar-refractivity contribution in [2.45, 2.75) is 19.4 Å². The molecule has 1 heterocycles. The Bertz CT molecular complexity index is 521. The lowest BCUT2D eigenvalue weighted by molar-refractivity contribution is -0.0925. The maximum Gasteiger partial charge on any atom is 0.321 e. The van der Waals surface area contributed by atoms with Crippen molar-refractivity contribution in [3.8, 4) is 5.75 Å². The molecular weight excluding hydrogens is 320 g/mol. The minimum Gasteiger partial charge on any atom is -0.492 e. The van der Waals surface area contributed by atoms with E-state index in [4.69, 9.17) is 25.8 Å². The molecule has 0 bridgehead atoms. The number of benzene rings is 1. The fourth-order valence-corrected chi connectivity index (χ4v) is 2.39. The van der Waals surface area contributed by atoms with Gasteiger partial charge in [-0.3, -0.25) is 0 Å². The van der Waals surface area contributed by atoms with Gasteiger partial charge in [-0.25, -0.2) is 4.79 Å². The van der Waals surface area contributed by atoms with Crippen molar-refractivity contribution in [1.29, 1.82) is 0 Å². The van der Waals surface area contributed by atoms with Gasteiger partial charge in [-0.15, -0.1) is 0 Å². The van der Waals surface area contributed by atoms with E-state index in [-0.39, 0.29) is 12.1 Å². The Kier molecular flexibility index (Phi) is 6.95. The molecule has 6 nitrogen and oxygen atoms in total. The summed E-state index contributed by atoms with van der Waals surface area (Å²) in [6.07, 6.45) is 0.819. The Hall–Kier alpha value is -1.50. The number of carbonyl (C=O) groups excluding carboxylic acids is 1. The summed E-state index contributed by atoms with van der Waals surface area (Å²) in [5.74, 6) is 0.618. The third kappa shape index (κ3) is 5.57. The van der Waals surface area contributed by atoms with Gasteiger partial charge in [0.15, 0.2) is 0 Å². The van der Waals surface area contributed by atoms with Crippen molar-refractivity contribution in [2.75, 3.05) is 45.3 Å². The van der Waals surface area contributed by atoms with E-state index >= 15 is 0 Å². The summed E-state index contributed by atoms with van der Waals surface area (Å²) in [6, 6.07) is 4.98. The van der Waals surface area contributed by atoms with Crippen LogP contribution in [0.2, 0.25) is 5.02 Å². The van der Waals surface area contributed by atoms with Crippen LogP contribution in [0.15, 0.2) is 18.2 Å². The van der Waals surface area contributed by atoms with E-state index in [0.717, 1.165) is 6.42 Å². The number of hydrogen-bond donors (Lipinski definition) is 1. The van der Waals surface area contributed by atoms with Gasteiger partial charge < -0.3 is 24.4 Å². The molecule has 1 aliphatic rings. The van der Waals surface area contributed by atoms with Gasteiger partial charge >= 0.3 is 6.03 Å². The van der Waals surface area contributed by atoms with Crippen molar-refractivity contribution in [1.82, 2.24) is 4.90 Å². The third-order valence-electron chi connectivity index (χ3n) is 3.35. The number of amides is 2. The summed E-state index contributed by atoms with van der Waals surface area (Å²) in [4.78, 5) is 13.8. The molecule has 23 heavy (non-hydrogen) atoms. The molecule has 1 aliphatic heterocycles. The van der Waals surface area contributed by atoms with E-state index in [1.54, 1.807) is 30.1 Å². The van der Waals surface area contributed by atoms with Gasteiger partial charge in [0.25, 0.3) is 0 Å². The van der Waals surface area contributed by atoms with Crippen molar-refractivity contribution < 1.29 is 19.0 Å². The highest BCUT2D eigenvalue weighted by Gasteiger charge is 2.19. The maximum absolute atomic E-state index is 12.2. The first-order chi connectivity index (χ1) is 11.1. The van der Waals surface area contributed by atoms with Crippen LogP contribution in [0, 0.1) is 0 Å². The fraction of sp³-hybridized carbons (Fsp3) is 0.562. The number of ether oxygens (including phenoxy) is 3. The van der Waals surface area contributed by atoms with Crippen LogP contribution < -0.4 is 10.1 Å². The van der Waals surface area contributed by atoms with Crippen LogP contribution in [0.5, 0.6) is 5.75 Å². The standard InChI is InChI=1S/C16H23ClN2O4/c1-3-6-23-15-5-4-12(9-14(15)17)18-16(20)19(2)10-13-11-21-7-8-22-13/h4-5,9,13H,3,6-8,10-11H2,1-2H3,(H,18,20)/t13-/m1/s1. The Morgan fingerprint density at radius 3 is 2.96 bits per heavy atom. The Labute approximate surface area is 141 Å². The smallest absolute Gasteiger partial charge is 0.321 e. The number of nitrogens with zero attached hydrogens (tertiary/aromatic N) is 1. The van der Waals surface area contributed by atoms with Crippen LogP contribution in [0.3, 0.4) is 0 Å². The quantitative estimate of drug-likeness (QED) is 0.863. The topological polar surface area (TPSA) is 60.0 Å². The van der Waals surface area contributed by atoms with E-state index in [1.165, 1.54) is 0 Å². The van der Waals surface area contributed by atoms with Crippen molar-refractivity contribution in [2.24, 2.45) is 0 Å². The van der Waals surface area contributed by atoms with E-state index in [2.05, 4.69) is 5.32 Å². The first-order valence-corrected chi connectivity index (χ1v) is 8.11. The molecule has 0 unspecified atom stereocenters. The van der Waals surface area contributed by atoms with Crippen molar-refractivity contribution >= 4 is 23.3 Å². The normalized spacial score (nSPS) is 17.6. The van der Waals surface area contributed by atoms with Gasteiger partial charge in [-0.1, -0.05) is 18.5 Å². The summed E-state index contributed by atoms with van der Waals surface area (Å²) in [7, 11) is 1.72. The third-order valence-corrected chi connectivity index (χ3v) is 3.65. The highest BCUT2D eigenvalue weighted by Crippen LogP contribution is 2.27. The summed E-state index contributed by atoms with van der Waals surface area (Å²) in [5, 5.41) is 3.28. The molecule has 0 aromatic heterocycles. The molecule has 1 atom stereocenters. The zero-order chi connectivity index (χ0) is 16.7. The summed E-state index contributed by atoms with van der Waals surface area (Å²) >= 11 is 6.16. The summed E-state index contributed by atoms with van der Waals surface area (Å²) in [6.45, 7) is 4.79. The molecular formula is C16H23ClN2O4. The van der Waals surface area contributed by atoms with Crippen LogP contribution >= 0.6 is 11.6 Å². The minimum atomic E-state index is -0.225. The zero-order valence-corrected chi connectivity index (χ0v) is 14.3. The molecule has 1 aromatic rings. The number of hydrogen-bond acceptors (Lipinski definition) is 4. The average Bonchev–Trinajstić information content (AvgIpc) is 2.55. The minimum absolute atomic E-state index is 0.0899. The van der Waals surface area contributed by atoms with Crippen LogP contribution in [-0.2, 0) is 9.47 Å². The number of nitrogens with one attached hydrogen (secondary N) is 1. The fourth-order valence-electron chi connectivity index (χ4n) is 2.16. The van der Waals surface area contributed by atoms with E-state index in [9.17, 15) is 4.79 Å². The molecule has 0 saturated carbocycles. The number of carbonyl (C=O) groups is 1. The molecule has 0 spiro atoms. The molecule has 7 heteroatoms. The van der Waals surface area contributed by atoms with E-state index in [0.29, 0.717) is 49.4 Å². The van der Waals surface area contributed by atoms with Crippen LogP contribution in [0.25, 0.3) is 0 Å². The lowest BCUT2D eigenvalue weighted by Gasteiger charge is -2.27. The van der Waals surface area contributed by atoms with Crippen LogP contribution in [-0.4, -0.2) is 57.1 Å². The second-order valence-electron chi connectivity index (χ2n) is 5.37. The van der Waals surface area contributed by atoms with Gasteiger partial charge in [0.05, 0.1) is 44.1 Å². The number of halogens is 1. The molecule has 1 N–H and O–H groups in total. The Morgan fingerprint density at radius 2 is 2.30 bits per heavy atom. The highest BCUT2D eigenvalue weighted by molar-refractivity contribution is 6.32. The Morgan fingerprint density at radius 1 is 1.48 bits per heavy atom. The summed E-state index contributed by atoms with van der Waals surface area (Å²) in [5.41, 5.74) is 0.622. The highest BCUT2D eigenvalue weighted by atomic mass is 35.5. The second kappa shape index (κ2) is 8.96. The molecule has 1 fully saturated rings. The first-order valence-electron chi connectivity index (χ1n) is 7.74. The molecule has 0 aliphatic carbocycles. The van der Waals surface area contributed by atoms with Crippen LogP contribution in [0.1, 0.15) is 13.3 Å². The second-order valence-corrected chi connectivity index (χ2v) is 5.78. The van der Waals surface area contributed by atoms with Gasteiger partial charge in [0.1, 0.15) is 5.75 Å². The largest absolute Gasteiger partial charge is 0.492 e. The molecule has 128 valence electrons. The van der Waals surface area contributed by atoms with E-state index in [1.807, 2.05) is 6.92 Å². The summed E-state index contributed by atoms with van der Waals surface area (Å²) < 4.78 is 16.4. The van der Waals surface area contributed by atoms with Crippen molar-refractivity contribution in [3.05, 3.63) is 23.2 Å².